The molecule has 0 spiro atoms. The summed E-state index contributed by atoms with van der Waals surface area (Å²) in [4.78, 5) is 14.0. The fraction of sp³-hybridized carbons (Fsp3) is 0.471. The number of amides is 2. The molecule has 0 aliphatic carbocycles. The number of benzene rings is 1. The number of piperidine rings is 1. The molecule has 1 saturated heterocycles. The van der Waals surface area contributed by atoms with Gasteiger partial charge in [-0.15, -0.1) is 10.2 Å². The molecule has 1 aromatic heterocycles. The van der Waals surface area contributed by atoms with Gasteiger partial charge in [0.05, 0.1) is 14.2 Å². The van der Waals surface area contributed by atoms with Gasteiger partial charge in [-0.1, -0.05) is 0 Å². The van der Waals surface area contributed by atoms with Crippen molar-refractivity contribution in [2.45, 2.75) is 24.9 Å². The van der Waals surface area contributed by atoms with Gasteiger partial charge in [-0.3, -0.25) is 0 Å². The summed E-state index contributed by atoms with van der Waals surface area (Å²) >= 11 is 0. The predicted molar refractivity (Wildman–Crippen MR) is 91.4 cm³/mol. The number of rotatable bonds is 4. The normalized spacial score (nSPS) is 15.4. The Balaban J connectivity index is 1.57. The Bertz CT molecular complexity index is 832. The molecule has 152 valence electrons. The minimum Gasteiger partial charge on any atom is -0.493 e. The number of carbonyl (C=O) groups is 1. The maximum Gasteiger partial charge on any atom is 0.470 e. The average molecular weight is 400 g/mol. The van der Waals surface area contributed by atoms with Crippen LogP contribution < -0.4 is 14.8 Å². The zero-order valence-corrected chi connectivity index (χ0v) is 15.2. The van der Waals surface area contributed by atoms with Crippen molar-refractivity contribution in [2.75, 3.05) is 32.6 Å². The molecule has 28 heavy (non-hydrogen) atoms. The van der Waals surface area contributed by atoms with Gasteiger partial charge in [0, 0.05) is 30.8 Å². The third kappa shape index (κ3) is 4.29. The summed E-state index contributed by atoms with van der Waals surface area (Å²) in [5, 5.41) is 9.31. The van der Waals surface area contributed by atoms with Crippen molar-refractivity contribution < 1.29 is 31.9 Å². The topological polar surface area (TPSA) is 89.7 Å². The van der Waals surface area contributed by atoms with E-state index in [0.717, 1.165) is 0 Å². The summed E-state index contributed by atoms with van der Waals surface area (Å²) in [5.74, 6) is -0.688. The van der Waals surface area contributed by atoms with Crippen LogP contribution in [0.3, 0.4) is 0 Å². The number of carbonyl (C=O) groups excluding carboxylic acids is 1. The molecule has 1 aromatic carbocycles. The van der Waals surface area contributed by atoms with Gasteiger partial charge in [-0.2, -0.15) is 13.2 Å². The van der Waals surface area contributed by atoms with Crippen LogP contribution in [0, 0.1) is 0 Å². The summed E-state index contributed by atoms with van der Waals surface area (Å²) in [7, 11) is 3.01. The monoisotopic (exact) mass is 400 g/mol. The smallest absolute Gasteiger partial charge is 0.470 e. The SMILES string of the molecule is COc1ccc(NC(=O)N2CCC(c3nnc(C(F)(F)F)o3)CC2)cc1OC. The maximum atomic E-state index is 12.6. The van der Waals surface area contributed by atoms with Crippen LogP contribution in [0.25, 0.3) is 0 Å². The van der Waals surface area contributed by atoms with Crippen molar-refractivity contribution in [2.24, 2.45) is 0 Å². The molecule has 11 heteroatoms. The van der Waals surface area contributed by atoms with E-state index in [1.165, 1.54) is 14.2 Å². The summed E-state index contributed by atoms with van der Waals surface area (Å²) in [6, 6.07) is 4.69. The summed E-state index contributed by atoms with van der Waals surface area (Å²) < 4.78 is 52.8. The maximum absolute atomic E-state index is 12.6. The van der Waals surface area contributed by atoms with E-state index >= 15 is 0 Å². The number of nitrogens with zero attached hydrogens (tertiary/aromatic N) is 3. The molecule has 3 rings (SSSR count). The number of halogens is 3. The molecule has 1 N–H and O–H groups in total. The molecule has 0 unspecified atom stereocenters. The first-order valence-electron chi connectivity index (χ1n) is 8.50. The number of alkyl halides is 3. The Morgan fingerprint density at radius 3 is 2.43 bits per heavy atom. The van der Waals surface area contributed by atoms with Gasteiger partial charge < -0.3 is 24.1 Å². The molecule has 1 aliphatic heterocycles. The number of urea groups is 1. The van der Waals surface area contributed by atoms with Crippen LogP contribution in [0.2, 0.25) is 0 Å². The number of likely N-dealkylation sites (tertiary alicyclic amines) is 1. The highest BCUT2D eigenvalue weighted by Crippen LogP contribution is 2.33. The van der Waals surface area contributed by atoms with Crippen LogP contribution >= 0.6 is 0 Å². The molecule has 2 aromatic rings. The summed E-state index contributed by atoms with van der Waals surface area (Å²) in [6.45, 7) is 0.709. The number of methoxy groups -OCH3 is 2. The lowest BCUT2D eigenvalue weighted by Gasteiger charge is -2.30. The van der Waals surface area contributed by atoms with Gasteiger partial charge in [0.25, 0.3) is 0 Å². The Kier molecular flexibility index (Phi) is 5.61. The molecule has 0 bridgehead atoms. The second-order valence-electron chi connectivity index (χ2n) is 6.20. The molecular formula is C17H19F3N4O4. The van der Waals surface area contributed by atoms with Crippen LogP contribution in [-0.2, 0) is 6.18 Å². The highest BCUT2D eigenvalue weighted by Gasteiger charge is 2.39. The number of ether oxygens (including phenoxy) is 2. The van der Waals surface area contributed by atoms with E-state index in [1.807, 2.05) is 0 Å². The van der Waals surface area contributed by atoms with Crippen molar-refractivity contribution in [3.8, 4) is 11.5 Å². The second-order valence-corrected chi connectivity index (χ2v) is 6.20. The third-order valence-electron chi connectivity index (χ3n) is 4.45. The van der Waals surface area contributed by atoms with Crippen LogP contribution in [0.5, 0.6) is 11.5 Å². The number of anilines is 1. The van der Waals surface area contributed by atoms with E-state index in [9.17, 15) is 18.0 Å². The Morgan fingerprint density at radius 2 is 1.86 bits per heavy atom. The van der Waals surface area contributed by atoms with Crippen molar-refractivity contribution >= 4 is 11.7 Å². The zero-order chi connectivity index (χ0) is 20.3. The molecule has 8 nitrogen and oxygen atoms in total. The van der Waals surface area contributed by atoms with Gasteiger partial charge >= 0.3 is 18.1 Å². The number of hydrogen-bond donors (Lipinski definition) is 1. The van der Waals surface area contributed by atoms with Crippen molar-refractivity contribution in [3.63, 3.8) is 0 Å². The lowest BCUT2D eigenvalue weighted by Crippen LogP contribution is -2.40. The van der Waals surface area contributed by atoms with Gasteiger partial charge in [0.2, 0.25) is 5.89 Å². The minimum atomic E-state index is -4.66. The molecular weight excluding hydrogens is 381 g/mol. The van der Waals surface area contributed by atoms with E-state index in [2.05, 4.69) is 15.5 Å². The largest absolute Gasteiger partial charge is 0.493 e. The van der Waals surface area contributed by atoms with E-state index in [1.54, 1.807) is 23.1 Å². The van der Waals surface area contributed by atoms with E-state index < -0.39 is 12.1 Å². The van der Waals surface area contributed by atoms with Crippen molar-refractivity contribution in [3.05, 3.63) is 30.0 Å². The number of hydrogen-bond acceptors (Lipinski definition) is 6. The molecule has 2 amide bonds. The number of aromatic nitrogens is 2. The molecule has 2 heterocycles. The molecule has 1 aliphatic rings. The van der Waals surface area contributed by atoms with Gasteiger partial charge in [-0.25, -0.2) is 4.79 Å². The summed E-state index contributed by atoms with van der Waals surface area (Å²) in [6.07, 6.45) is -3.80. The van der Waals surface area contributed by atoms with Gasteiger partial charge in [0.15, 0.2) is 11.5 Å². The molecule has 0 saturated carbocycles. The highest BCUT2D eigenvalue weighted by atomic mass is 19.4. The first kappa shape index (κ1) is 19.8. The van der Waals surface area contributed by atoms with Crippen molar-refractivity contribution in [1.29, 1.82) is 0 Å². The molecule has 0 radical (unpaired) electrons. The fourth-order valence-corrected chi connectivity index (χ4v) is 2.96. The third-order valence-corrected chi connectivity index (χ3v) is 4.45. The Morgan fingerprint density at radius 1 is 1.18 bits per heavy atom. The quantitative estimate of drug-likeness (QED) is 0.845. The standard InChI is InChI=1S/C17H19F3N4O4/c1-26-12-4-3-11(9-13(12)27-2)21-16(25)24-7-5-10(6-8-24)14-22-23-15(28-14)17(18,19)20/h3-4,9-10H,5-8H2,1-2H3,(H,21,25). The lowest BCUT2D eigenvalue weighted by atomic mass is 9.97. The van der Waals surface area contributed by atoms with Crippen LogP contribution in [0.4, 0.5) is 23.7 Å². The fourth-order valence-electron chi connectivity index (χ4n) is 2.96. The first-order chi connectivity index (χ1) is 13.3. The lowest BCUT2D eigenvalue weighted by molar-refractivity contribution is -0.157. The summed E-state index contributed by atoms with van der Waals surface area (Å²) in [5.41, 5.74) is 0.538. The zero-order valence-electron chi connectivity index (χ0n) is 15.2. The van der Waals surface area contributed by atoms with Crippen LogP contribution in [-0.4, -0.2) is 48.4 Å². The predicted octanol–water partition coefficient (Wildman–Crippen LogP) is 3.52. The Hall–Kier alpha value is -2.98. The van der Waals surface area contributed by atoms with E-state index in [4.69, 9.17) is 13.9 Å². The Labute approximate surface area is 158 Å². The molecule has 1 fully saturated rings. The van der Waals surface area contributed by atoms with Gasteiger partial charge in [0.1, 0.15) is 0 Å². The van der Waals surface area contributed by atoms with Crippen LogP contribution in [0.15, 0.2) is 22.6 Å². The average Bonchev–Trinajstić information content (AvgIpc) is 3.18. The van der Waals surface area contributed by atoms with Gasteiger partial charge in [-0.05, 0) is 25.0 Å². The van der Waals surface area contributed by atoms with E-state index in [0.29, 0.717) is 43.1 Å². The second kappa shape index (κ2) is 7.95. The minimum absolute atomic E-state index is 0.0488. The van der Waals surface area contributed by atoms with Crippen LogP contribution in [0.1, 0.15) is 30.5 Å². The van der Waals surface area contributed by atoms with E-state index in [-0.39, 0.29) is 17.8 Å². The first-order valence-corrected chi connectivity index (χ1v) is 8.50. The highest BCUT2D eigenvalue weighted by molar-refractivity contribution is 5.89. The van der Waals surface area contributed by atoms with Crippen molar-refractivity contribution in [1.82, 2.24) is 15.1 Å². The molecule has 0 atom stereocenters. The number of nitrogens with one attached hydrogen (secondary N) is 1.